The number of rotatable bonds is 7. The van der Waals surface area contributed by atoms with Gasteiger partial charge in [0.1, 0.15) is 11.4 Å². The third kappa shape index (κ3) is 6.38. The number of methoxy groups -OCH3 is 1. The highest BCUT2D eigenvalue weighted by Gasteiger charge is 2.14. The summed E-state index contributed by atoms with van der Waals surface area (Å²) in [4.78, 5) is 25.3. The number of nitrogens with one attached hydrogen (secondary N) is 2. The smallest absolute Gasteiger partial charge is 0.287 e. The highest BCUT2D eigenvalue weighted by Crippen LogP contribution is 2.24. The molecule has 0 bridgehead atoms. The highest BCUT2D eigenvalue weighted by molar-refractivity contribution is 9.10. The van der Waals surface area contributed by atoms with E-state index in [2.05, 4.69) is 31.8 Å². The third-order valence-corrected chi connectivity index (χ3v) is 4.81. The zero-order valence-electron chi connectivity index (χ0n) is 16.7. The second-order valence-electron chi connectivity index (χ2n) is 6.38. The second kappa shape index (κ2) is 10.9. The van der Waals surface area contributed by atoms with Crippen LogP contribution in [-0.4, -0.2) is 25.1 Å². The van der Waals surface area contributed by atoms with Crippen LogP contribution in [0.3, 0.4) is 0 Å². The van der Waals surface area contributed by atoms with Gasteiger partial charge in [-0.25, -0.2) is 5.43 Å². The van der Waals surface area contributed by atoms with E-state index in [0.717, 1.165) is 15.6 Å². The van der Waals surface area contributed by atoms with E-state index in [-0.39, 0.29) is 11.6 Å². The van der Waals surface area contributed by atoms with Gasteiger partial charge < -0.3 is 10.1 Å². The van der Waals surface area contributed by atoms with E-state index >= 15 is 0 Å². The van der Waals surface area contributed by atoms with E-state index in [1.54, 1.807) is 49.6 Å². The van der Waals surface area contributed by atoms with Crippen LogP contribution in [0.4, 0.5) is 0 Å². The molecule has 0 heterocycles. The van der Waals surface area contributed by atoms with Gasteiger partial charge >= 0.3 is 0 Å². The number of nitrogens with zero attached hydrogens (tertiary/aromatic N) is 1. The Balaban J connectivity index is 1.76. The summed E-state index contributed by atoms with van der Waals surface area (Å²) < 4.78 is 5.96. The molecule has 0 unspecified atom stereocenters. The van der Waals surface area contributed by atoms with Crippen molar-refractivity contribution in [2.45, 2.75) is 0 Å². The summed E-state index contributed by atoms with van der Waals surface area (Å²) in [5.41, 5.74) is 4.51. The van der Waals surface area contributed by atoms with Crippen LogP contribution in [0, 0.1) is 0 Å². The van der Waals surface area contributed by atoms with E-state index in [1.807, 2.05) is 42.5 Å². The molecule has 0 aliphatic carbocycles. The van der Waals surface area contributed by atoms with Crippen LogP contribution < -0.4 is 15.5 Å². The van der Waals surface area contributed by atoms with Crippen molar-refractivity contribution in [3.05, 3.63) is 106 Å². The Bertz CT molecular complexity index is 1110. The number of benzene rings is 3. The molecule has 3 rings (SSSR count). The van der Waals surface area contributed by atoms with Crippen LogP contribution in [0.2, 0.25) is 0 Å². The Labute approximate surface area is 188 Å². The molecule has 0 atom stereocenters. The summed E-state index contributed by atoms with van der Waals surface area (Å²) in [6, 6.07) is 23.3. The van der Waals surface area contributed by atoms with E-state index in [4.69, 9.17) is 4.74 Å². The van der Waals surface area contributed by atoms with Gasteiger partial charge in [0.2, 0.25) is 0 Å². The van der Waals surface area contributed by atoms with Gasteiger partial charge in [0.05, 0.1) is 17.8 Å². The number of hydrogen-bond donors (Lipinski definition) is 2. The lowest BCUT2D eigenvalue weighted by Crippen LogP contribution is -2.32. The Hall–Kier alpha value is -3.71. The number of ether oxygens (including phenoxy) is 1. The maximum Gasteiger partial charge on any atom is 0.287 e. The minimum absolute atomic E-state index is 0.0770. The van der Waals surface area contributed by atoms with Gasteiger partial charge in [-0.05, 0) is 63.5 Å². The predicted octanol–water partition coefficient (Wildman–Crippen LogP) is 4.38. The Kier molecular flexibility index (Phi) is 7.73. The van der Waals surface area contributed by atoms with Crippen molar-refractivity contribution >= 4 is 40.0 Å². The molecular weight excluding hydrogens is 458 g/mol. The number of halogens is 1. The molecule has 0 saturated carbocycles. The lowest BCUT2D eigenvalue weighted by molar-refractivity contribution is -0.117. The minimum Gasteiger partial charge on any atom is -0.496 e. The largest absolute Gasteiger partial charge is 0.496 e. The van der Waals surface area contributed by atoms with Crippen molar-refractivity contribution < 1.29 is 14.3 Å². The van der Waals surface area contributed by atoms with E-state index in [1.165, 1.54) is 6.21 Å². The molecule has 7 heteroatoms. The van der Waals surface area contributed by atoms with Gasteiger partial charge in [0, 0.05) is 5.56 Å². The van der Waals surface area contributed by atoms with Crippen molar-refractivity contribution in [3.63, 3.8) is 0 Å². The number of hydrazone groups is 1. The Morgan fingerprint density at radius 3 is 2.26 bits per heavy atom. The monoisotopic (exact) mass is 477 g/mol. The first-order valence-electron chi connectivity index (χ1n) is 9.37. The van der Waals surface area contributed by atoms with Crippen molar-refractivity contribution in [1.82, 2.24) is 10.7 Å². The molecule has 2 N–H and O–H groups in total. The van der Waals surface area contributed by atoms with E-state index < -0.39 is 5.91 Å². The average Bonchev–Trinajstić information content (AvgIpc) is 2.80. The molecule has 31 heavy (non-hydrogen) atoms. The van der Waals surface area contributed by atoms with Crippen LogP contribution in [0.15, 0.2) is 94.1 Å². The quantitative estimate of drug-likeness (QED) is 0.301. The molecule has 0 saturated heterocycles. The lowest BCUT2D eigenvalue weighted by atomic mass is 10.1. The maximum absolute atomic E-state index is 12.7. The first-order chi connectivity index (χ1) is 15.1. The molecule has 3 aromatic rings. The Morgan fingerprint density at radius 2 is 1.61 bits per heavy atom. The fourth-order valence-corrected chi connectivity index (χ4v) is 3.21. The zero-order valence-corrected chi connectivity index (χ0v) is 18.3. The molecule has 0 fully saturated rings. The van der Waals surface area contributed by atoms with E-state index in [0.29, 0.717) is 11.3 Å². The zero-order chi connectivity index (χ0) is 22.1. The van der Waals surface area contributed by atoms with Gasteiger partial charge in [-0.1, -0.05) is 48.5 Å². The number of carbonyl (C=O) groups excluding carboxylic acids is 2. The summed E-state index contributed by atoms with van der Waals surface area (Å²) in [6.07, 6.45) is 3.09. The number of amides is 2. The van der Waals surface area contributed by atoms with Gasteiger partial charge in [-0.15, -0.1) is 0 Å². The van der Waals surface area contributed by atoms with Crippen molar-refractivity contribution in [3.8, 4) is 5.75 Å². The number of carbonyl (C=O) groups is 2. The molecule has 0 aromatic heterocycles. The van der Waals surface area contributed by atoms with Crippen LogP contribution in [0.25, 0.3) is 6.08 Å². The van der Waals surface area contributed by atoms with Crippen molar-refractivity contribution in [2.24, 2.45) is 5.10 Å². The van der Waals surface area contributed by atoms with Crippen LogP contribution in [0.1, 0.15) is 21.5 Å². The first-order valence-corrected chi connectivity index (χ1v) is 10.2. The molecule has 0 spiro atoms. The van der Waals surface area contributed by atoms with Crippen molar-refractivity contribution in [1.29, 1.82) is 0 Å². The van der Waals surface area contributed by atoms with Gasteiger partial charge in [0.15, 0.2) is 0 Å². The van der Waals surface area contributed by atoms with Gasteiger partial charge in [-0.3, -0.25) is 9.59 Å². The third-order valence-electron chi connectivity index (χ3n) is 4.19. The number of hydrogen-bond acceptors (Lipinski definition) is 4. The van der Waals surface area contributed by atoms with E-state index in [9.17, 15) is 9.59 Å². The summed E-state index contributed by atoms with van der Waals surface area (Å²) in [6.45, 7) is 0. The fraction of sp³-hybridized carbons (Fsp3) is 0.0417. The molecular formula is C24H20BrN3O3. The second-order valence-corrected chi connectivity index (χ2v) is 7.24. The summed E-state index contributed by atoms with van der Waals surface area (Å²) in [5, 5.41) is 6.67. The van der Waals surface area contributed by atoms with Gasteiger partial charge in [0.25, 0.3) is 11.8 Å². The van der Waals surface area contributed by atoms with Crippen molar-refractivity contribution in [2.75, 3.05) is 7.11 Å². The normalized spacial score (nSPS) is 11.2. The van der Waals surface area contributed by atoms with Crippen LogP contribution in [0.5, 0.6) is 5.75 Å². The van der Waals surface area contributed by atoms with Crippen LogP contribution in [-0.2, 0) is 4.79 Å². The molecule has 0 aliphatic heterocycles. The highest BCUT2D eigenvalue weighted by atomic mass is 79.9. The molecule has 0 aliphatic rings. The molecule has 6 nitrogen and oxygen atoms in total. The predicted molar refractivity (Wildman–Crippen MR) is 125 cm³/mol. The van der Waals surface area contributed by atoms with Gasteiger partial charge in [-0.2, -0.15) is 5.10 Å². The first kappa shape index (κ1) is 22.0. The standard InChI is InChI=1S/C24H20BrN3O3/c1-31-22-13-12-18(14-20(22)25)16-26-28-24(30)21(15-17-8-4-2-5-9-17)27-23(29)19-10-6-3-7-11-19/h2-16H,1H3,(H,27,29)(H,28,30)/b21-15+,26-16-. The molecule has 3 aromatic carbocycles. The molecule has 0 radical (unpaired) electrons. The van der Waals surface area contributed by atoms with Crippen LogP contribution >= 0.6 is 15.9 Å². The minimum atomic E-state index is -0.544. The fourth-order valence-electron chi connectivity index (χ4n) is 2.65. The Morgan fingerprint density at radius 1 is 0.935 bits per heavy atom. The molecule has 2 amide bonds. The molecule has 156 valence electrons. The SMILES string of the molecule is COc1ccc(/C=N\NC(=O)/C(=C\c2ccccc2)NC(=O)c2ccccc2)cc1Br. The summed E-state index contributed by atoms with van der Waals surface area (Å²) in [5.74, 6) is -0.240. The topological polar surface area (TPSA) is 79.8 Å². The summed E-state index contributed by atoms with van der Waals surface area (Å²) in [7, 11) is 1.58. The maximum atomic E-state index is 12.7. The lowest BCUT2D eigenvalue weighted by Gasteiger charge is -2.09. The average molecular weight is 478 g/mol. The summed E-state index contributed by atoms with van der Waals surface area (Å²) >= 11 is 3.41.